The Morgan fingerprint density at radius 2 is 2.21 bits per heavy atom. The van der Waals surface area contributed by atoms with Crippen LogP contribution in [0.2, 0.25) is 0 Å². The van der Waals surface area contributed by atoms with Crippen LogP contribution in [-0.2, 0) is 11.3 Å². The van der Waals surface area contributed by atoms with Gasteiger partial charge < -0.3 is 15.4 Å². The van der Waals surface area contributed by atoms with Gasteiger partial charge in [-0.15, -0.1) is 0 Å². The van der Waals surface area contributed by atoms with E-state index in [1.807, 2.05) is 36.1 Å². The maximum Gasteiger partial charge on any atom is 0.240 e. The SMILES string of the molecule is CCC(C)C(N)C(=O)N1CCOc2ccccc2C1. The first-order chi connectivity index (χ1) is 9.13. The van der Waals surface area contributed by atoms with Crippen LogP contribution >= 0.6 is 0 Å². The Morgan fingerprint density at radius 3 is 2.95 bits per heavy atom. The van der Waals surface area contributed by atoms with Crippen molar-refractivity contribution >= 4 is 5.91 Å². The Hall–Kier alpha value is -1.55. The molecule has 0 saturated carbocycles. The highest BCUT2D eigenvalue weighted by atomic mass is 16.5. The minimum atomic E-state index is -0.421. The monoisotopic (exact) mass is 262 g/mol. The average molecular weight is 262 g/mol. The van der Waals surface area contributed by atoms with Crippen molar-refractivity contribution in [1.82, 2.24) is 4.90 Å². The maximum absolute atomic E-state index is 12.4. The van der Waals surface area contributed by atoms with Gasteiger partial charge in [-0.25, -0.2) is 0 Å². The van der Waals surface area contributed by atoms with Gasteiger partial charge in [0, 0.05) is 12.1 Å². The number of rotatable bonds is 3. The zero-order chi connectivity index (χ0) is 13.8. The summed E-state index contributed by atoms with van der Waals surface area (Å²) in [5, 5.41) is 0. The highest BCUT2D eigenvalue weighted by Crippen LogP contribution is 2.23. The van der Waals surface area contributed by atoms with Crippen LogP contribution in [0.3, 0.4) is 0 Å². The summed E-state index contributed by atoms with van der Waals surface area (Å²) in [5.41, 5.74) is 7.09. The van der Waals surface area contributed by atoms with Crippen molar-refractivity contribution in [2.24, 2.45) is 11.7 Å². The first-order valence-corrected chi connectivity index (χ1v) is 6.88. The lowest BCUT2D eigenvalue weighted by molar-refractivity contribution is -0.134. The van der Waals surface area contributed by atoms with Crippen LogP contribution in [-0.4, -0.2) is 30.0 Å². The molecular weight excluding hydrogens is 240 g/mol. The molecule has 4 nitrogen and oxygen atoms in total. The molecular formula is C15H22N2O2. The number of hydrogen-bond donors (Lipinski definition) is 1. The quantitative estimate of drug-likeness (QED) is 0.903. The summed E-state index contributed by atoms with van der Waals surface area (Å²) in [4.78, 5) is 14.2. The molecule has 0 aliphatic carbocycles. The van der Waals surface area contributed by atoms with E-state index in [0.717, 1.165) is 17.7 Å². The maximum atomic E-state index is 12.4. The molecule has 1 aliphatic heterocycles. The third-order valence-electron chi connectivity index (χ3n) is 3.81. The Labute approximate surface area is 114 Å². The van der Waals surface area contributed by atoms with Gasteiger partial charge in [0.05, 0.1) is 12.6 Å². The summed E-state index contributed by atoms with van der Waals surface area (Å²) in [6, 6.07) is 7.43. The zero-order valence-corrected chi connectivity index (χ0v) is 11.6. The number of para-hydroxylation sites is 1. The number of amides is 1. The molecule has 1 heterocycles. The molecule has 0 bridgehead atoms. The Morgan fingerprint density at radius 1 is 1.47 bits per heavy atom. The molecule has 4 heteroatoms. The van der Waals surface area contributed by atoms with Gasteiger partial charge in [-0.1, -0.05) is 38.5 Å². The number of nitrogens with zero attached hydrogens (tertiary/aromatic N) is 1. The molecule has 1 aliphatic rings. The molecule has 0 spiro atoms. The average Bonchev–Trinajstić information content (AvgIpc) is 2.66. The third-order valence-corrected chi connectivity index (χ3v) is 3.81. The highest BCUT2D eigenvalue weighted by Gasteiger charge is 2.26. The second-order valence-corrected chi connectivity index (χ2v) is 5.13. The predicted molar refractivity (Wildman–Crippen MR) is 74.8 cm³/mol. The summed E-state index contributed by atoms with van der Waals surface area (Å²) < 4.78 is 5.66. The van der Waals surface area contributed by atoms with Crippen molar-refractivity contribution < 1.29 is 9.53 Å². The fraction of sp³-hybridized carbons (Fsp3) is 0.533. The number of ether oxygens (including phenoxy) is 1. The van der Waals surface area contributed by atoms with Crippen molar-refractivity contribution in [3.05, 3.63) is 29.8 Å². The van der Waals surface area contributed by atoms with Crippen molar-refractivity contribution in [3.63, 3.8) is 0 Å². The molecule has 0 aromatic heterocycles. The summed E-state index contributed by atoms with van der Waals surface area (Å²) in [7, 11) is 0. The van der Waals surface area contributed by atoms with Crippen LogP contribution < -0.4 is 10.5 Å². The van der Waals surface area contributed by atoms with E-state index in [-0.39, 0.29) is 11.8 Å². The molecule has 2 rings (SSSR count). The van der Waals surface area contributed by atoms with E-state index >= 15 is 0 Å². The van der Waals surface area contributed by atoms with Crippen LogP contribution in [0.5, 0.6) is 5.75 Å². The summed E-state index contributed by atoms with van der Waals surface area (Å²) in [5.74, 6) is 1.09. The van der Waals surface area contributed by atoms with Gasteiger partial charge in [0.2, 0.25) is 5.91 Å². The fourth-order valence-electron chi connectivity index (χ4n) is 2.22. The number of hydrogen-bond acceptors (Lipinski definition) is 3. The summed E-state index contributed by atoms with van der Waals surface area (Å²) in [6.45, 7) is 5.77. The van der Waals surface area contributed by atoms with Crippen LogP contribution in [0, 0.1) is 5.92 Å². The standard InChI is InChI=1S/C15H22N2O2/c1-3-11(2)14(16)15(18)17-8-9-19-13-7-5-4-6-12(13)10-17/h4-7,11,14H,3,8-10,16H2,1-2H3. The first kappa shape index (κ1) is 13.9. The van der Waals surface area contributed by atoms with Crippen LogP contribution in [0.25, 0.3) is 0 Å². The largest absolute Gasteiger partial charge is 0.491 e. The number of nitrogens with two attached hydrogens (primary N) is 1. The summed E-state index contributed by atoms with van der Waals surface area (Å²) in [6.07, 6.45) is 0.911. The van der Waals surface area contributed by atoms with Crippen LogP contribution in [0.15, 0.2) is 24.3 Å². The minimum absolute atomic E-state index is 0.0228. The first-order valence-electron chi connectivity index (χ1n) is 6.88. The molecule has 1 aromatic carbocycles. The van der Waals surface area contributed by atoms with E-state index in [1.54, 1.807) is 0 Å². The van der Waals surface area contributed by atoms with E-state index < -0.39 is 6.04 Å². The number of carbonyl (C=O) groups is 1. The Bertz CT molecular complexity index is 448. The van der Waals surface area contributed by atoms with Gasteiger partial charge in [-0.2, -0.15) is 0 Å². The smallest absolute Gasteiger partial charge is 0.240 e. The van der Waals surface area contributed by atoms with E-state index in [1.165, 1.54) is 0 Å². The van der Waals surface area contributed by atoms with Gasteiger partial charge in [-0.3, -0.25) is 4.79 Å². The molecule has 0 radical (unpaired) electrons. The van der Waals surface area contributed by atoms with Gasteiger partial charge in [-0.05, 0) is 12.0 Å². The Balaban J connectivity index is 2.12. The van der Waals surface area contributed by atoms with E-state index in [0.29, 0.717) is 19.7 Å². The number of carbonyl (C=O) groups excluding carboxylic acids is 1. The van der Waals surface area contributed by atoms with Gasteiger partial charge >= 0.3 is 0 Å². The van der Waals surface area contributed by atoms with Gasteiger partial charge in [0.25, 0.3) is 0 Å². The lowest BCUT2D eigenvalue weighted by atomic mass is 9.98. The van der Waals surface area contributed by atoms with E-state index in [2.05, 4.69) is 6.92 Å². The molecule has 19 heavy (non-hydrogen) atoms. The number of fused-ring (bicyclic) bond motifs is 1. The lowest BCUT2D eigenvalue weighted by Gasteiger charge is -2.26. The minimum Gasteiger partial charge on any atom is -0.491 e. The molecule has 1 amide bonds. The molecule has 0 saturated heterocycles. The fourth-order valence-corrected chi connectivity index (χ4v) is 2.22. The molecule has 0 fully saturated rings. The molecule has 2 atom stereocenters. The van der Waals surface area contributed by atoms with Crippen LogP contribution in [0.1, 0.15) is 25.8 Å². The normalized spacial score (nSPS) is 17.9. The zero-order valence-electron chi connectivity index (χ0n) is 11.6. The lowest BCUT2D eigenvalue weighted by Crippen LogP contribution is -2.47. The van der Waals surface area contributed by atoms with Crippen molar-refractivity contribution in [1.29, 1.82) is 0 Å². The van der Waals surface area contributed by atoms with Gasteiger partial charge in [0.15, 0.2) is 0 Å². The highest BCUT2D eigenvalue weighted by molar-refractivity contribution is 5.82. The second-order valence-electron chi connectivity index (χ2n) is 5.13. The third kappa shape index (κ3) is 3.07. The Kier molecular flexibility index (Phi) is 4.43. The van der Waals surface area contributed by atoms with E-state index in [4.69, 9.17) is 10.5 Å². The second kappa shape index (κ2) is 6.06. The molecule has 2 N–H and O–H groups in total. The van der Waals surface area contributed by atoms with Crippen LogP contribution in [0.4, 0.5) is 0 Å². The predicted octanol–water partition coefficient (Wildman–Crippen LogP) is 1.78. The molecule has 2 unspecified atom stereocenters. The van der Waals surface area contributed by atoms with E-state index in [9.17, 15) is 4.79 Å². The van der Waals surface area contributed by atoms with Crippen molar-refractivity contribution in [2.75, 3.05) is 13.2 Å². The van der Waals surface area contributed by atoms with Crippen molar-refractivity contribution in [3.8, 4) is 5.75 Å². The molecule has 104 valence electrons. The number of benzene rings is 1. The van der Waals surface area contributed by atoms with Gasteiger partial charge in [0.1, 0.15) is 12.4 Å². The van der Waals surface area contributed by atoms with Crippen molar-refractivity contribution in [2.45, 2.75) is 32.9 Å². The summed E-state index contributed by atoms with van der Waals surface area (Å²) >= 11 is 0. The molecule has 1 aromatic rings. The topological polar surface area (TPSA) is 55.6 Å².